The maximum Gasteiger partial charge on any atom is 0.267 e. The SMILES string of the molecule is COc1ccc(Cl)cc1-n1c(SCC(=O)N2CCC2)nc2sc3c(c2c1=O)CC[C@@H](C)C3. The lowest BCUT2D eigenvalue weighted by molar-refractivity contribution is -0.131. The van der Waals surface area contributed by atoms with Crippen LogP contribution in [-0.2, 0) is 17.6 Å². The lowest BCUT2D eigenvalue weighted by Crippen LogP contribution is -2.43. The maximum atomic E-state index is 13.9. The van der Waals surface area contributed by atoms with Gasteiger partial charge in [0.2, 0.25) is 5.91 Å². The number of fused-ring (bicyclic) bond motifs is 3. The van der Waals surface area contributed by atoms with Gasteiger partial charge in [-0.1, -0.05) is 30.3 Å². The molecule has 3 heterocycles. The molecule has 1 aliphatic heterocycles. The van der Waals surface area contributed by atoms with Crippen molar-refractivity contribution in [2.45, 2.75) is 37.8 Å². The highest BCUT2D eigenvalue weighted by Gasteiger charge is 2.27. The lowest BCUT2D eigenvalue weighted by atomic mass is 9.89. The second-order valence-electron chi connectivity index (χ2n) is 8.41. The van der Waals surface area contributed by atoms with Crippen LogP contribution in [0.3, 0.4) is 0 Å². The average molecular weight is 490 g/mol. The lowest BCUT2D eigenvalue weighted by Gasteiger charge is -2.30. The molecule has 1 atom stereocenters. The number of rotatable bonds is 5. The minimum atomic E-state index is -0.124. The molecule has 5 rings (SSSR count). The molecule has 1 fully saturated rings. The minimum Gasteiger partial charge on any atom is -0.495 e. The third kappa shape index (κ3) is 3.82. The smallest absolute Gasteiger partial charge is 0.267 e. The molecule has 2 aliphatic rings. The quantitative estimate of drug-likeness (QED) is 0.388. The number of amides is 1. The first-order valence-electron chi connectivity index (χ1n) is 10.8. The van der Waals surface area contributed by atoms with Gasteiger partial charge in [-0.2, -0.15) is 0 Å². The number of aryl methyl sites for hydroxylation is 1. The first-order chi connectivity index (χ1) is 15.5. The molecule has 9 heteroatoms. The van der Waals surface area contributed by atoms with E-state index in [0.29, 0.717) is 32.9 Å². The molecule has 0 radical (unpaired) electrons. The predicted molar refractivity (Wildman–Crippen MR) is 130 cm³/mol. The molecule has 1 saturated heterocycles. The van der Waals surface area contributed by atoms with Crippen molar-refractivity contribution in [3.05, 3.63) is 44.0 Å². The summed E-state index contributed by atoms with van der Waals surface area (Å²) < 4.78 is 7.12. The molecule has 1 amide bonds. The minimum absolute atomic E-state index is 0.0690. The molecule has 168 valence electrons. The molecule has 0 bridgehead atoms. The predicted octanol–water partition coefficient (Wildman–Crippen LogP) is 4.56. The molecule has 3 aromatic rings. The van der Waals surface area contributed by atoms with Crippen molar-refractivity contribution in [2.24, 2.45) is 5.92 Å². The number of halogens is 1. The van der Waals surface area contributed by atoms with Crippen LogP contribution in [0.25, 0.3) is 15.9 Å². The van der Waals surface area contributed by atoms with E-state index >= 15 is 0 Å². The van der Waals surface area contributed by atoms with Gasteiger partial charge in [0.1, 0.15) is 10.6 Å². The molecule has 2 aromatic heterocycles. The Bertz CT molecular complexity index is 1270. The number of likely N-dealkylation sites (tertiary alicyclic amines) is 1. The van der Waals surface area contributed by atoms with Crippen LogP contribution in [0.4, 0.5) is 0 Å². The molecule has 0 spiro atoms. The van der Waals surface area contributed by atoms with Crippen LogP contribution in [0.1, 0.15) is 30.2 Å². The summed E-state index contributed by atoms with van der Waals surface area (Å²) in [6.45, 7) is 3.85. The molecule has 0 N–H and O–H groups in total. The number of hydrogen-bond donors (Lipinski definition) is 0. The summed E-state index contributed by atoms with van der Waals surface area (Å²) >= 11 is 9.21. The highest BCUT2D eigenvalue weighted by molar-refractivity contribution is 7.99. The van der Waals surface area contributed by atoms with Crippen molar-refractivity contribution >= 4 is 50.8 Å². The van der Waals surface area contributed by atoms with Crippen LogP contribution in [0.2, 0.25) is 5.02 Å². The number of thioether (sulfide) groups is 1. The first kappa shape index (κ1) is 21.8. The van der Waals surface area contributed by atoms with Crippen molar-refractivity contribution in [3.8, 4) is 11.4 Å². The number of thiophene rings is 1. The van der Waals surface area contributed by atoms with E-state index < -0.39 is 0 Å². The van der Waals surface area contributed by atoms with E-state index in [4.69, 9.17) is 21.3 Å². The number of nitrogens with zero attached hydrogens (tertiary/aromatic N) is 3. The van der Waals surface area contributed by atoms with E-state index in [9.17, 15) is 9.59 Å². The summed E-state index contributed by atoms with van der Waals surface area (Å²) in [5.41, 5.74) is 1.55. The monoisotopic (exact) mass is 489 g/mol. The number of carbonyl (C=O) groups excluding carboxylic acids is 1. The number of ether oxygens (including phenoxy) is 1. The van der Waals surface area contributed by atoms with Crippen molar-refractivity contribution < 1.29 is 9.53 Å². The highest BCUT2D eigenvalue weighted by Crippen LogP contribution is 2.38. The fraction of sp³-hybridized carbons (Fsp3) is 0.435. The topological polar surface area (TPSA) is 64.4 Å². The van der Waals surface area contributed by atoms with Crippen LogP contribution in [0.5, 0.6) is 5.75 Å². The Kier molecular flexibility index (Phi) is 5.94. The third-order valence-electron chi connectivity index (χ3n) is 6.21. The van der Waals surface area contributed by atoms with E-state index in [0.717, 1.165) is 49.2 Å². The Hall–Kier alpha value is -2.03. The fourth-order valence-electron chi connectivity index (χ4n) is 4.30. The van der Waals surface area contributed by atoms with Gasteiger partial charge in [0.25, 0.3) is 5.56 Å². The molecule has 1 aromatic carbocycles. The van der Waals surface area contributed by atoms with Crippen LogP contribution in [0, 0.1) is 5.92 Å². The Morgan fingerprint density at radius 3 is 2.91 bits per heavy atom. The van der Waals surface area contributed by atoms with Gasteiger partial charge in [-0.25, -0.2) is 4.98 Å². The summed E-state index contributed by atoms with van der Waals surface area (Å²) in [5, 5.41) is 1.68. The highest BCUT2D eigenvalue weighted by atomic mass is 35.5. The molecule has 0 unspecified atom stereocenters. The van der Waals surface area contributed by atoms with E-state index in [1.165, 1.54) is 16.6 Å². The largest absolute Gasteiger partial charge is 0.495 e. The fourth-order valence-corrected chi connectivity index (χ4v) is 6.80. The molecule has 6 nitrogen and oxygen atoms in total. The van der Waals surface area contributed by atoms with Crippen molar-refractivity contribution in [3.63, 3.8) is 0 Å². The van der Waals surface area contributed by atoms with Crippen molar-refractivity contribution in [1.29, 1.82) is 0 Å². The van der Waals surface area contributed by atoms with E-state index in [1.807, 2.05) is 4.90 Å². The number of methoxy groups -OCH3 is 1. The van der Waals surface area contributed by atoms with Crippen LogP contribution in [-0.4, -0.2) is 46.3 Å². The van der Waals surface area contributed by atoms with Gasteiger partial charge >= 0.3 is 0 Å². The van der Waals surface area contributed by atoms with Gasteiger partial charge in [0.05, 0.1) is 23.9 Å². The van der Waals surface area contributed by atoms with Gasteiger partial charge in [-0.15, -0.1) is 11.3 Å². The normalized spacial score (nSPS) is 17.8. The van der Waals surface area contributed by atoms with Crippen molar-refractivity contribution in [1.82, 2.24) is 14.5 Å². The van der Waals surface area contributed by atoms with Gasteiger partial charge < -0.3 is 9.64 Å². The zero-order valence-corrected chi connectivity index (χ0v) is 20.4. The van der Waals surface area contributed by atoms with Crippen LogP contribution < -0.4 is 10.3 Å². The molecule has 32 heavy (non-hydrogen) atoms. The zero-order chi connectivity index (χ0) is 22.4. The standard InChI is InChI=1S/C23H24ClN3O3S2/c1-13-4-6-15-18(10-13)32-21-20(15)22(29)27(16-11-14(24)5-7-17(16)30-2)23(25-21)31-12-19(28)26-8-3-9-26/h5,7,11,13H,3-4,6,8-10,12H2,1-2H3/t13-/m1/s1. The summed E-state index contributed by atoms with van der Waals surface area (Å²) in [4.78, 5) is 35.2. The van der Waals surface area contributed by atoms with Crippen molar-refractivity contribution in [2.75, 3.05) is 26.0 Å². The van der Waals surface area contributed by atoms with Crippen LogP contribution >= 0.6 is 34.7 Å². The van der Waals surface area contributed by atoms with Gasteiger partial charge in [-0.05, 0) is 55.4 Å². The summed E-state index contributed by atoms with van der Waals surface area (Å²) in [5.74, 6) is 1.45. The Balaban J connectivity index is 1.68. The molecule has 1 aliphatic carbocycles. The van der Waals surface area contributed by atoms with Gasteiger partial charge in [-0.3, -0.25) is 14.2 Å². The molecule has 0 saturated carbocycles. The van der Waals surface area contributed by atoms with E-state index in [-0.39, 0.29) is 17.2 Å². The number of benzene rings is 1. The average Bonchev–Trinajstić information content (AvgIpc) is 3.08. The molecular weight excluding hydrogens is 466 g/mol. The summed E-state index contributed by atoms with van der Waals surface area (Å²) in [6, 6.07) is 5.20. The third-order valence-corrected chi connectivity index (χ3v) is 8.52. The summed E-state index contributed by atoms with van der Waals surface area (Å²) in [6.07, 6.45) is 3.98. The maximum absolute atomic E-state index is 13.9. The Morgan fingerprint density at radius 2 is 2.19 bits per heavy atom. The Labute approximate surface area is 199 Å². The number of hydrogen-bond acceptors (Lipinski definition) is 6. The molecular formula is C23H24ClN3O3S2. The second-order valence-corrected chi connectivity index (χ2v) is 10.9. The first-order valence-corrected chi connectivity index (χ1v) is 13.0. The van der Waals surface area contributed by atoms with E-state index in [1.54, 1.807) is 41.2 Å². The number of carbonyl (C=O) groups is 1. The van der Waals surface area contributed by atoms with Crippen LogP contribution in [0.15, 0.2) is 28.2 Å². The summed E-state index contributed by atoms with van der Waals surface area (Å²) in [7, 11) is 1.57. The van der Waals surface area contributed by atoms with E-state index in [2.05, 4.69) is 6.92 Å². The second kappa shape index (κ2) is 8.72. The van der Waals surface area contributed by atoms with Gasteiger partial charge in [0, 0.05) is 23.0 Å². The zero-order valence-electron chi connectivity index (χ0n) is 18.0. The number of aromatic nitrogens is 2. The Morgan fingerprint density at radius 1 is 1.38 bits per heavy atom. The van der Waals surface area contributed by atoms with Gasteiger partial charge in [0.15, 0.2) is 5.16 Å².